The highest BCUT2D eigenvalue weighted by molar-refractivity contribution is 9.10. The molecule has 7 nitrogen and oxygen atoms in total. The molecule has 3 aromatic rings. The van der Waals surface area contributed by atoms with Crippen LogP contribution in [0.4, 0.5) is 0 Å². The highest BCUT2D eigenvalue weighted by Gasteiger charge is 2.46. The molecule has 0 bridgehead atoms. The molecule has 4 rings (SSSR count). The first kappa shape index (κ1) is 22.9. The van der Waals surface area contributed by atoms with Gasteiger partial charge in [0, 0.05) is 17.6 Å². The third-order valence-corrected chi connectivity index (χ3v) is 6.31. The molecule has 0 spiro atoms. The standard InChI is InChI=1S/C25H25BrN4O3/c1-16-20(15-27-30(16)19-7-5-4-6-8-19)23(31)21-22(17-9-11-18(26)12-10-17)29(14-13-28(2)3)25(33)24(21)32/h4-12,15,22,31H,13-14H2,1-3H3/b23-21-. The number of likely N-dealkylation sites (tertiary alicyclic amines) is 1. The summed E-state index contributed by atoms with van der Waals surface area (Å²) in [5, 5.41) is 15.7. The maximum atomic E-state index is 13.2. The fourth-order valence-corrected chi connectivity index (χ4v) is 4.29. The molecule has 0 radical (unpaired) electrons. The third kappa shape index (κ3) is 4.36. The van der Waals surface area contributed by atoms with Crippen molar-refractivity contribution < 1.29 is 14.7 Å². The van der Waals surface area contributed by atoms with E-state index in [4.69, 9.17) is 0 Å². The minimum Gasteiger partial charge on any atom is -0.507 e. The number of aliphatic hydroxyl groups excluding tert-OH is 1. The molecule has 1 aliphatic heterocycles. The second-order valence-corrected chi connectivity index (χ2v) is 9.15. The minimum atomic E-state index is -0.689. The Balaban J connectivity index is 1.84. The Morgan fingerprint density at radius 2 is 1.76 bits per heavy atom. The average molecular weight is 509 g/mol. The topological polar surface area (TPSA) is 78.7 Å². The fourth-order valence-electron chi connectivity index (χ4n) is 4.03. The Morgan fingerprint density at radius 3 is 2.39 bits per heavy atom. The van der Waals surface area contributed by atoms with Gasteiger partial charge in [-0.25, -0.2) is 4.68 Å². The van der Waals surface area contributed by atoms with Gasteiger partial charge in [-0.2, -0.15) is 5.10 Å². The zero-order valence-electron chi connectivity index (χ0n) is 18.7. The van der Waals surface area contributed by atoms with E-state index < -0.39 is 17.7 Å². The van der Waals surface area contributed by atoms with Crippen molar-refractivity contribution in [1.82, 2.24) is 19.6 Å². The Hall–Kier alpha value is -3.23. The molecule has 33 heavy (non-hydrogen) atoms. The first-order chi connectivity index (χ1) is 15.8. The molecule has 1 aliphatic rings. The predicted octanol–water partition coefficient (Wildman–Crippen LogP) is 3.93. The van der Waals surface area contributed by atoms with Crippen LogP contribution in [-0.2, 0) is 9.59 Å². The third-order valence-electron chi connectivity index (χ3n) is 5.78. The SMILES string of the molecule is Cc1c(/C(O)=C2/C(=O)C(=O)N(CCN(C)C)C2c2ccc(Br)cc2)cnn1-c1ccccc1. The van der Waals surface area contributed by atoms with E-state index in [1.807, 2.05) is 80.5 Å². The Kier molecular flexibility index (Phi) is 6.49. The maximum Gasteiger partial charge on any atom is 0.295 e. The van der Waals surface area contributed by atoms with Crippen molar-refractivity contribution in [2.24, 2.45) is 0 Å². The number of likely N-dealkylation sites (N-methyl/N-ethyl adjacent to an activating group) is 1. The summed E-state index contributed by atoms with van der Waals surface area (Å²) in [7, 11) is 3.82. The van der Waals surface area contributed by atoms with Gasteiger partial charge in [0.15, 0.2) is 0 Å². The number of rotatable bonds is 6. The number of hydrogen-bond acceptors (Lipinski definition) is 5. The summed E-state index contributed by atoms with van der Waals surface area (Å²) in [5.74, 6) is -1.52. The van der Waals surface area contributed by atoms with Gasteiger partial charge in [-0.3, -0.25) is 9.59 Å². The molecule has 170 valence electrons. The number of hydrogen-bond donors (Lipinski definition) is 1. The number of aromatic nitrogens is 2. The quantitative estimate of drug-likeness (QED) is 0.310. The summed E-state index contributed by atoms with van der Waals surface area (Å²) in [4.78, 5) is 29.6. The molecule has 1 unspecified atom stereocenters. The monoisotopic (exact) mass is 508 g/mol. The van der Waals surface area contributed by atoms with Gasteiger partial charge < -0.3 is 14.9 Å². The summed E-state index contributed by atoms with van der Waals surface area (Å²) >= 11 is 3.43. The van der Waals surface area contributed by atoms with Crippen molar-refractivity contribution in [1.29, 1.82) is 0 Å². The molecule has 1 N–H and O–H groups in total. The number of aliphatic hydroxyl groups is 1. The summed E-state index contributed by atoms with van der Waals surface area (Å²) in [5.41, 5.74) is 2.77. The molecular formula is C25H25BrN4O3. The maximum absolute atomic E-state index is 13.2. The van der Waals surface area contributed by atoms with Gasteiger partial charge in [0.2, 0.25) is 0 Å². The van der Waals surface area contributed by atoms with E-state index in [0.717, 1.165) is 15.7 Å². The van der Waals surface area contributed by atoms with Crippen molar-refractivity contribution >= 4 is 33.4 Å². The normalized spacial score (nSPS) is 17.8. The van der Waals surface area contributed by atoms with Crippen molar-refractivity contribution in [3.05, 3.63) is 87.7 Å². The molecule has 2 aromatic carbocycles. The lowest BCUT2D eigenvalue weighted by Crippen LogP contribution is -2.35. The molecule has 1 saturated heterocycles. The smallest absolute Gasteiger partial charge is 0.295 e. The Bertz CT molecular complexity index is 1220. The van der Waals surface area contributed by atoms with Crippen LogP contribution in [0.25, 0.3) is 11.4 Å². The molecule has 0 saturated carbocycles. The number of benzene rings is 2. The summed E-state index contributed by atoms with van der Waals surface area (Å²) in [6.07, 6.45) is 1.53. The van der Waals surface area contributed by atoms with Crippen LogP contribution >= 0.6 is 15.9 Å². The molecule has 1 aromatic heterocycles. The molecule has 1 amide bonds. The lowest BCUT2D eigenvalue weighted by atomic mass is 9.95. The number of carbonyl (C=O) groups excluding carboxylic acids is 2. The number of ketones is 1. The molecular weight excluding hydrogens is 484 g/mol. The van der Waals surface area contributed by atoms with Gasteiger partial charge in [0.1, 0.15) is 5.76 Å². The van der Waals surface area contributed by atoms with Crippen LogP contribution in [0.2, 0.25) is 0 Å². The number of amides is 1. The van der Waals surface area contributed by atoms with E-state index in [1.54, 1.807) is 4.68 Å². The van der Waals surface area contributed by atoms with Crippen LogP contribution in [0.15, 0.2) is 70.8 Å². The summed E-state index contributed by atoms with van der Waals surface area (Å²) < 4.78 is 2.59. The van der Waals surface area contributed by atoms with E-state index in [-0.39, 0.29) is 11.3 Å². The predicted molar refractivity (Wildman–Crippen MR) is 130 cm³/mol. The second kappa shape index (κ2) is 9.33. The zero-order chi connectivity index (χ0) is 23.7. The van der Waals surface area contributed by atoms with Crippen molar-refractivity contribution in [2.75, 3.05) is 27.2 Å². The van der Waals surface area contributed by atoms with E-state index >= 15 is 0 Å². The van der Waals surface area contributed by atoms with E-state index in [1.165, 1.54) is 11.1 Å². The van der Waals surface area contributed by atoms with Crippen LogP contribution in [0.1, 0.15) is 22.9 Å². The van der Waals surface area contributed by atoms with E-state index in [2.05, 4.69) is 21.0 Å². The lowest BCUT2D eigenvalue weighted by Gasteiger charge is -2.26. The van der Waals surface area contributed by atoms with Crippen LogP contribution < -0.4 is 0 Å². The van der Waals surface area contributed by atoms with Gasteiger partial charge in [-0.1, -0.05) is 46.3 Å². The summed E-state index contributed by atoms with van der Waals surface area (Å²) in [6.45, 7) is 2.77. The largest absolute Gasteiger partial charge is 0.507 e. The second-order valence-electron chi connectivity index (χ2n) is 8.24. The average Bonchev–Trinajstić information content (AvgIpc) is 3.30. The number of halogens is 1. The van der Waals surface area contributed by atoms with Crippen LogP contribution in [0, 0.1) is 6.92 Å². The van der Waals surface area contributed by atoms with Crippen molar-refractivity contribution in [2.45, 2.75) is 13.0 Å². The zero-order valence-corrected chi connectivity index (χ0v) is 20.3. The van der Waals surface area contributed by atoms with Crippen molar-refractivity contribution in [3.63, 3.8) is 0 Å². The summed E-state index contributed by atoms with van der Waals surface area (Å²) in [6, 6.07) is 16.3. The Morgan fingerprint density at radius 1 is 1.09 bits per heavy atom. The molecule has 2 heterocycles. The van der Waals surface area contributed by atoms with Crippen LogP contribution in [-0.4, -0.2) is 63.6 Å². The number of nitrogens with zero attached hydrogens (tertiary/aromatic N) is 4. The van der Waals surface area contributed by atoms with Crippen molar-refractivity contribution in [3.8, 4) is 5.69 Å². The van der Waals surface area contributed by atoms with Gasteiger partial charge in [0.05, 0.1) is 34.8 Å². The van der Waals surface area contributed by atoms with Crippen LogP contribution in [0.5, 0.6) is 0 Å². The highest BCUT2D eigenvalue weighted by Crippen LogP contribution is 2.40. The first-order valence-electron chi connectivity index (χ1n) is 10.6. The first-order valence-corrected chi connectivity index (χ1v) is 11.4. The van der Waals surface area contributed by atoms with Gasteiger partial charge in [-0.05, 0) is 50.8 Å². The highest BCUT2D eigenvalue weighted by atomic mass is 79.9. The van der Waals surface area contributed by atoms with Gasteiger partial charge in [0.25, 0.3) is 11.7 Å². The van der Waals surface area contributed by atoms with Crippen LogP contribution in [0.3, 0.4) is 0 Å². The number of para-hydroxylation sites is 1. The van der Waals surface area contributed by atoms with Gasteiger partial charge >= 0.3 is 0 Å². The lowest BCUT2D eigenvalue weighted by molar-refractivity contribution is -0.140. The Labute approximate surface area is 201 Å². The van der Waals surface area contributed by atoms with E-state index in [0.29, 0.717) is 24.3 Å². The number of Topliss-reactive ketones (excluding diaryl/α,β-unsaturated/α-hetero) is 1. The molecule has 1 fully saturated rings. The van der Waals surface area contributed by atoms with Gasteiger partial charge in [-0.15, -0.1) is 0 Å². The molecule has 8 heteroatoms. The fraction of sp³-hybridized carbons (Fsp3) is 0.240. The molecule has 1 atom stereocenters. The number of carbonyl (C=O) groups is 2. The minimum absolute atomic E-state index is 0.0804. The molecule has 0 aliphatic carbocycles. The van der Waals surface area contributed by atoms with E-state index in [9.17, 15) is 14.7 Å².